The lowest BCUT2D eigenvalue weighted by Gasteiger charge is -2.27. The Labute approximate surface area is 148 Å². The fraction of sp³-hybridized carbons (Fsp3) is 0.562. The van der Waals surface area contributed by atoms with Crippen molar-refractivity contribution in [1.82, 2.24) is 5.32 Å². The number of carbonyl (C=O) groups is 1. The molecule has 23 heavy (non-hydrogen) atoms. The summed E-state index contributed by atoms with van der Waals surface area (Å²) in [5, 5.41) is 2.59. The SMILES string of the molecule is CCCS(=O)(=O)[C@@H](C)C(=O)NCC(C)(C)c1ccc(Cl)c(Cl)c1. The molecule has 0 aliphatic rings. The second kappa shape index (κ2) is 7.86. The number of carbonyl (C=O) groups excluding carboxylic acids is 1. The fourth-order valence-corrected chi connectivity index (χ4v) is 3.73. The smallest absolute Gasteiger partial charge is 0.238 e. The summed E-state index contributed by atoms with van der Waals surface area (Å²) in [6, 6.07) is 5.31. The summed E-state index contributed by atoms with van der Waals surface area (Å²) in [5.74, 6) is -0.468. The van der Waals surface area contributed by atoms with Gasteiger partial charge in [-0.05, 0) is 31.0 Å². The topological polar surface area (TPSA) is 63.2 Å². The van der Waals surface area contributed by atoms with E-state index in [1.165, 1.54) is 6.92 Å². The van der Waals surface area contributed by atoms with E-state index in [9.17, 15) is 13.2 Å². The number of rotatable bonds is 7. The summed E-state index contributed by atoms with van der Waals surface area (Å²) in [6.45, 7) is 7.38. The highest BCUT2D eigenvalue weighted by Gasteiger charge is 2.29. The third kappa shape index (κ3) is 5.37. The van der Waals surface area contributed by atoms with Crippen LogP contribution < -0.4 is 5.32 Å². The molecule has 0 saturated heterocycles. The lowest BCUT2D eigenvalue weighted by molar-refractivity contribution is -0.120. The summed E-state index contributed by atoms with van der Waals surface area (Å²) < 4.78 is 23.9. The van der Waals surface area contributed by atoms with E-state index in [4.69, 9.17) is 23.2 Å². The maximum Gasteiger partial charge on any atom is 0.238 e. The lowest BCUT2D eigenvalue weighted by atomic mass is 9.84. The quantitative estimate of drug-likeness (QED) is 0.786. The number of hydrogen-bond acceptors (Lipinski definition) is 3. The zero-order valence-corrected chi connectivity index (χ0v) is 16.1. The molecule has 0 heterocycles. The fourth-order valence-electron chi connectivity index (χ4n) is 2.10. The molecule has 4 nitrogen and oxygen atoms in total. The average Bonchev–Trinajstić information content (AvgIpc) is 2.46. The number of amides is 1. The van der Waals surface area contributed by atoms with Crippen molar-refractivity contribution >= 4 is 38.9 Å². The van der Waals surface area contributed by atoms with E-state index in [1.807, 2.05) is 19.9 Å². The molecular weight excluding hydrogens is 357 g/mol. The minimum absolute atomic E-state index is 0.0117. The van der Waals surface area contributed by atoms with Gasteiger partial charge in [-0.2, -0.15) is 0 Å². The molecule has 1 aromatic carbocycles. The number of sulfone groups is 1. The van der Waals surface area contributed by atoms with Crippen LogP contribution in [0.15, 0.2) is 18.2 Å². The molecule has 0 unspecified atom stereocenters. The van der Waals surface area contributed by atoms with Gasteiger partial charge >= 0.3 is 0 Å². The van der Waals surface area contributed by atoms with E-state index in [0.29, 0.717) is 23.0 Å². The normalized spacial score (nSPS) is 13.7. The zero-order valence-electron chi connectivity index (χ0n) is 13.8. The Hall–Kier alpha value is -0.780. The molecular formula is C16H23Cl2NO3S. The van der Waals surface area contributed by atoms with Crippen molar-refractivity contribution in [3.63, 3.8) is 0 Å². The second-order valence-corrected chi connectivity index (χ2v) is 9.50. The molecule has 0 bridgehead atoms. The van der Waals surface area contributed by atoms with Gasteiger partial charge in [0.1, 0.15) is 5.25 Å². The van der Waals surface area contributed by atoms with Gasteiger partial charge in [0.15, 0.2) is 9.84 Å². The van der Waals surface area contributed by atoms with Crippen LogP contribution in [0.5, 0.6) is 0 Å². The Bertz CT molecular complexity index is 672. The van der Waals surface area contributed by atoms with Crippen molar-refractivity contribution in [3.05, 3.63) is 33.8 Å². The molecule has 0 spiro atoms. The zero-order chi connectivity index (χ0) is 17.8. The van der Waals surface area contributed by atoms with Gasteiger partial charge in [0.25, 0.3) is 0 Å². The average molecular weight is 380 g/mol. The summed E-state index contributed by atoms with van der Waals surface area (Å²) >= 11 is 11.9. The molecule has 0 aliphatic carbocycles. The molecule has 0 radical (unpaired) electrons. The molecule has 0 aromatic heterocycles. The minimum Gasteiger partial charge on any atom is -0.354 e. The third-order valence-electron chi connectivity index (χ3n) is 3.80. The van der Waals surface area contributed by atoms with E-state index < -0.39 is 26.4 Å². The molecule has 0 aliphatic heterocycles. The van der Waals surface area contributed by atoms with Crippen LogP contribution in [-0.2, 0) is 20.0 Å². The van der Waals surface area contributed by atoms with Crippen LogP contribution in [0.25, 0.3) is 0 Å². The van der Waals surface area contributed by atoms with Gasteiger partial charge in [-0.15, -0.1) is 0 Å². The first-order chi connectivity index (χ1) is 10.5. The lowest BCUT2D eigenvalue weighted by Crippen LogP contribution is -2.44. The minimum atomic E-state index is -3.40. The van der Waals surface area contributed by atoms with E-state index in [0.717, 1.165) is 5.56 Å². The Morgan fingerprint density at radius 1 is 1.26 bits per heavy atom. The molecule has 1 aromatic rings. The van der Waals surface area contributed by atoms with Gasteiger partial charge in [-0.1, -0.05) is 50.0 Å². The van der Waals surface area contributed by atoms with Crippen molar-refractivity contribution < 1.29 is 13.2 Å². The number of halogens is 2. The van der Waals surface area contributed by atoms with Crippen LogP contribution in [0.3, 0.4) is 0 Å². The highest BCUT2D eigenvalue weighted by Crippen LogP contribution is 2.29. The second-order valence-electron chi connectivity index (χ2n) is 6.24. The first kappa shape index (κ1) is 20.3. The Morgan fingerprint density at radius 2 is 1.87 bits per heavy atom. The van der Waals surface area contributed by atoms with E-state index in [-0.39, 0.29) is 5.75 Å². The van der Waals surface area contributed by atoms with Crippen LogP contribution in [0.4, 0.5) is 0 Å². The predicted molar refractivity (Wildman–Crippen MR) is 96.0 cm³/mol. The van der Waals surface area contributed by atoms with Crippen molar-refractivity contribution in [2.24, 2.45) is 0 Å². The van der Waals surface area contributed by atoms with Crippen molar-refractivity contribution in [1.29, 1.82) is 0 Å². The summed E-state index contributed by atoms with van der Waals surface area (Å²) in [5.41, 5.74) is 0.509. The van der Waals surface area contributed by atoms with E-state index in [1.54, 1.807) is 19.1 Å². The molecule has 130 valence electrons. The number of benzene rings is 1. The van der Waals surface area contributed by atoms with Gasteiger partial charge < -0.3 is 5.32 Å². The summed E-state index contributed by atoms with van der Waals surface area (Å²) in [4.78, 5) is 12.1. The number of hydrogen-bond donors (Lipinski definition) is 1. The van der Waals surface area contributed by atoms with Crippen LogP contribution in [-0.4, -0.2) is 31.9 Å². The molecule has 0 saturated carbocycles. The van der Waals surface area contributed by atoms with Crippen LogP contribution in [0, 0.1) is 0 Å². The Kier molecular flexibility index (Phi) is 6.93. The maximum atomic E-state index is 12.1. The number of nitrogens with one attached hydrogen (secondary N) is 1. The molecule has 1 rings (SSSR count). The maximum absolute atomic E-state index is 12.1. The molecule has 1 atom stereocenters. The molecule has 1 amide bonds. The predicted octanol–water partition coefficient (Wildman–Crippen LogP) is 3.60. The van der Waals surface area contributed by atoms with Crippen LogP contribution >= 0.6 is 23.2 Å². The Balaban J connectivity index is 2.79. The first-order valence-corrected chi connectivity index (χ1v) is 9.93. The van der Waals surface area contributed by atoms with Gasteiger partial charge in [0.2, 0.25) is 5.91 Å². The first-order valence-electron chi connectivity index (χ1n) is 7.46. The monoisotopic (exact) mass is 379 g/mol. The molecule has 1 N–H and O–H groups in total. The summed E-state index contributed by atoms with van der Waals surface area (Å²) in [7, 11) is -3.40. The van der Waals surface area contributed by atoms with Crippen molar-refractivity contribution in [2.45, 2.75) is 44.8 Å². The summed E-state index contributed by atoms with van der Waals surface area (Å²) in [6.07, 6.45) is 0.495. The third-order valence-corrected chi connectivity index (χ3v) is 6.81. The highest BCUT2D eigenvalue weighted by atomic mass is 35.5. The van der Waals surface area contributed by atoms with Crippen molar-refractivity contribution in [3.8, 4) is 0 Å². The highest BCUT2D eigenvalue weighted by molar-refractivity contribution is 7.92. The van der Waals surface area contributed by atoms with Gasteiger partial charge in [0, 0.05) is 12.0 Å². The van der Waals surface area contributed by atoms with Crippen LogP contribution in [0.1, 0.15) is 39.7 Å². The van der Waals surface area contributed by atoms with E-state index >= 15 is 0 Å². The standard InChI is InChI=1S/C16H23Cl2NO3S/c1-5-8-23(21,22)11(2)15(20)19-10-16(3,4)12-6-7-13(17)14(18)9-12/h6-7,9,11H,5,8,10H2,1-4H3,(H,19,20)/t11-/m0/s1. The largest absolute Gasteiger partial charge is 0.354 e. The molecule has 0 fully saturated rings. The van der Waals surface area contributed by atoms with Gasteiger partial charge in [0.05, 0.1) is 15.8 Å². The molecule has 7 heteroatoms. The van der Waals surface area contributed by atoms with Crippen molar-refractivity contribution in [2.75, 3.05) is 12.3 Å². The van der Waals surface area contributed by atoms with Crippen LogP contribution in [0.2, 0.25) is 10.0 Å². The van der Waals surface area contributed by atoms with Gasteiger partial charge in [-0.25, -0.2) is 8.42 Å². The Morgan fingerprint density at radius 3 is 2.39 bits per heavy atom. The van der Waals surface area contributed by atoms with E-state index in [2.05, 4.69) is 5.32 Å². The van der Waals surface area contributed by atoms with Gasteiger partial charge in [-0.3, -0.25) is 4.79 Å².